The first-order valence-corrected chi connectivity index (χ1v) is 5.76. The van der Waals surface area contributed by atoms with Gasteiger partial charge in [-0.3, -0.25) is 0 Å². The summed E-state index contributed by atoms with van der Waals surface area (Å²) in [6, 6.07) is 0.0749. The highest BCUT2D eigenvalue weighted by Gasteiger charge is 2.24. The van der Waals surface area contributed by atoms with E-state index in [0.29, 0.717) is 0 Å². The van der Waals surface area contributed by atoms with Gasteiger partial charge in [0.2, 0.25) is 0 Å². The molecule has 0 saturated carbocycles. The molecule has 0 aromatic rings. The van der Waals surface area contributed by atoms with Gasteiger partial charge in [-0.1, -0.05) is 13.8 Å². The minimum absolute atomic E-state index is 0.0749. The average molecular weight is 217 g/mol. The molecule has 0 aromatic carbocycles. The smallest absolute Gasteiger partial charge is 0.0741 e. The van der Waals surface area contributed by atoms with E-state index in [1.165, 1.54) is 0 Å². The molecule has 1 unspecified atom stereocenters. The van der Waals surface area contributed by atoms with Crippen molar-refractivity contribution >= 4 is 0 Å². The lowest BCUT2D eigenvalue weighted by atomic mass is 9.87. The van der Waals surface area contributed by atoms with E-state index in [1.54, 1.807) is 0 Å². The second kappa shape index (κ2) is 5.83. The van der Waals surface area contributed by atoms with Gasteiger partial charge in [0.1, 0.15) is 0 Å². The van der Waals surface area contributed by atoms with Crippen LogP contribution in [0.2, 0.25) is 0 Å². The fourth-order valence-corrected chi connectivity index (χ4v) is 1.33. The zero-order chi connectivity index (χ0) is 12.1. The maximum absolute atomic E-state index is 9.76. The maximum Gasteiger partial charge on any atom is 0.0741 e. The first-order chi connectivity index (χ1) is 6.69. The van der Waals surface area contributed by atoms with E-state index in [-0.39, 0.29) is 18.1 Å². The van der Waals surface area contributed by atoms with E-state index in [1.807, 2.05) is 20.8 Å². The normalized spacial score (nSPS) is 15.4. The number of rotatable bonds is 7. The summed E-state index contributed by atoms with van der Waals surface area (Å²) in [7, 11) is 0. The Kier molecular flexibility index (Phi) is 5.78. The molecule has 3 heteroatoms. The summed E-state index contributed by atoms with van der Waals surface area (Å²) in [5.41, 5.74) is -0.519. The predicted octanol–water partition coefficient (Wildman–Crippen LogP) is 1.53. The molecule has 0 aliphatic heterocycles. The highest BCUT2D eigenvalue weighted by Crippen LogP contribution is 2.21. The van der Waals surface area contributed by atoms with Gasteiger partial charge in [-0.2, -0.15) is 0 Å². The fourth-order valence-electron chi connectivity index (χ4n) is 1.33. The first-order valence-electron chi connectivity index (χ1n) is 5.76. The van der Waals surface area contributed by atoms with Gasteiger partial charge in [0.15, 0.2) is 0 Å². The van der Waals surface area contributed by atoms with Crippen LogP contribution in [0, 0.1) is 5.41 Å². The van der Waals surface area contributed by atoms with Gasteiger partial charge in [-0.25, -0.2) is 0 Å². The third-order valence-electron chi connectivity index (χ3n) is 2.96. The van der Waals surface area contributed by atoms with Gasteiger partial charge in [-0.05, 0) is 39.0 Å². The monoisotopic (exact) mass is 217 g/mol. The minimum Gasteiger partial charge on any atom is -0.396 e. The fraction of sp³-hybridized carbons (Fsp3) is 1.00. The van der Waals surface area contributed by atoms with Crippen molar-refractivity contribution in [3.05, 3.63) is 0 Å². The molecule has 0 aliphatic rings. The predicted molar refractivity (Wildman–Crippen MR) is 63.9 cm³/mol. The summed E-state index contributed by atoms with van der Waals surface area (Å²) in [6.07, 6.45) is 1.83. The SMILES string of the molecule is CC(NCC(C)(C)CCCO)C(C)(C)O. The minimum atomic E-state index is -0.687. The van der Waals surface area contributed by atoms with Gasteiger partial charge < -0.3 is 15.5 Å². The van der Waals surface area contributed by atoms with Crippen molar-refractivity contribution in [1.82, 2.24) is 5.32 Å². The molecule has 92 valence electrons. The van der Waals surface area contributed by atoms with Crippen LogP contribution in [0.5, 0.6) is 0 Å². The summed E-state index contributed by atoms with van der Waals surface area (Å²) >= 11 is 0. The molecule has 0 fully saturated rings. The molecule has 0 radical (unpaired) electrons. The summed E-state index contributed by atoms with van der Waals surface area (Å²) in [6.45, 7) is 11.1. The molecular formula is C12H27NO2. The van der Waals surface area contributed by atoms with Gasteiger partial charge >= 0.3 is 0 Å². The highest BCUT2D eigenvalue weighted by atomic mass is 16.3. The molecule has 0 spiro atoms. The van der Waals surface area contributed by atoms with Crippen LogP contribution in [0.1, 0.15) is 47.5 Å². The maximum atomic E-state index is 9.76. The van der Waals surface area contributed by atoms with Crippen LogP contribution in [0.15, 0.2) is 0 Å². The van der Waals surface area contributed by atoms with E-state index < -0.39 is 5.60 Å². The highest BCUT2D eigenvalue weighted by molar-refractivity contribution is 4.82. The topological polar surface area (TPSA) is 52.5 Å². The van der Waals surface area contributed by atoms with Crippen molar-refractivity contribution in [2.75, 3.05) is 13.2 Å². The molecule has 0 aliphatic carbocycles. The van der Waals surface area contributed by atoms with Crippen molar-refractivity contribution in [3.63, 3.8) is 0 Å². The molecule has 1 atom stereocenters. The Balaban J connectivity index is 3.92. The van der Waals surface area contributed by atoms with Crippen molar-refractivity contribution < 1.29 is 10.2 Å². The van der Waals surface area contributed by atoms with E-state index >= 15 is 0 Å². The van der Waals surface area contributed by atoms with Gasteiger partial charge in [0, 0.05) is 19.2 Å². The molecule has 0 heterocycles. The Morgan fingerprint density at radius 2 is 1.73 bits per heavy atom. The Hall–Kier alpha value is -0.120. The Morgan fingerprint density at radius 1 is 1.20 bits per heavy atom. The van der Waals surface area contributed by atoms with Crippen LogP contribution < -0.4 is 5.32 Å². The lowest BCUT2D eigenvalue weighted by Gasteiger charge is -2.32. The Morgan fingerprint density at radius 3 is 2.13 bits per heavy atom. The summed E-state index contributed by atoms with van der Waals surface area (Å²) in [4.78, 5) is 0. The Bertz CT molecular complexity index is 173. The Labute approximate surface area is 93.9 Å². The van der Waals surface area contributed by atoms with E-state index in [4.69, 9.17) is 5.11 Å². The summed E-state index contributed by atoms with van der Waals surface area (Å²) < 4.78 is 0. The van der Waals surface area contributed by atoms with Crippen molar-refractivity contribution in [3.8, 4) is 0 Å². The zero-order valence-corrected chi connectivity index (χ0v) is 10.8. The second-order valence-electron chi connectivity index (χ2n) is 5.75. The number of hydrogen-bond acceptors (Lipinski definition) is 3. The number of aliphatic hydroxyl groups is 2. The number of hydrogen-bond donors (Lipinski definition) is 3. The molecule has 0 amide bonds. The van der Waals surface area contributed by atoms with Crippen LogP contribution in [-0.2, 0) is 0 Å². The van der Waals surface area contributed by atoms with Crippen molar-refractivity contribution in [1.29, 1.82) is 0 Å². The van der Waals surface area contributed by atoms with Gasteiger partial charge in [0.25, 0.3) is 0 Å². The molecule has 0 aromatic heterocycles. The molecule has 0 rings (SSSR count). The standard InChI is InChI=1S/C12H27NO2/c1-10(12(4,5)15)13-9-11(2,3)7-6-8-14/h10,13-15H,6-9H2,1-5H3. The third kappa shape index (κ3) is 6.88. The van der Waals surface area contributed by atoms with Crippen LogP contribution in [0.25, 0.3) is 0 Å². The first kappa shape index (κ1) is 14.9. The van der Waals surface area contributed by atoms with Crippen molar-refractivity contribution in [2.45, 2.75) is 59.1 Å². The second-order valence-corrected chi connectivity index (χ2v) is 5.75. The number of nitrogens with one attached hydrogen (secondary N) is 1. The molecule has 0 saturated heterocycles. The molecule has 3 N–H and O–H groups in total. The average Bonchev–Trinajstić information content (AvgIpc) is 2.09. The quantitative estimate of drug-likeness (QED) is 0.606. The summed E-state index contributed by atoms with van der Waals surface area (Å²) in [5.74, 6) is 0. The largest absolute Gasteiger partial charge is 0.396 e. The van der Waals surface area contributed by atoms with E-state index in [9.17, 15) is 5.11 Å². The van der Waals surface area contributed by atoms with Crippen LogP contribution in [-0.4, -0.2) is 35.0 Å². The zero-order valence-electron chi connectivity index (χ0n) is 10.8. The van der Waals surface area contributed by atoms with Crippen LogP contribution in [0.4, 0.5) is 0 Å². The lowest BCUT2D eigenvalue weighted by Crippen LogP contribution is -2.47. The van der Waals surface area contributed by atoms with Crippen LogP contribution >= 0.6 is 0 Å². The van der Waals surface area contributed by atoms with Crippen LogP contribution in [0.3, 0.4) is 0 Å². The number of aliphatic hydroxyl groups excluding tert-OH is 1. The molecule has 15 heavy (non-hydrogen) atoms. The van der Waals surface area contributed by atoms with E-state index in [0.717, 1.165) is 19.4 Å². The van der Waals surface area contributed by atoms with E-state index in [2.05, 4.69) is 19.2 Å². The van der Waals surface area contributed by atoms with Gasteiger partial charge in [-0.15, -0.1) is 0 Å². The lowest BCUT2D eigenvalue weighted by molar-refractivity contribution is 0.0401. The molecule has 0 bridgehead atoms. The summed E-state index contributed by atoms with van der Waals surface area (Å²) in [5, 5.41) is 21.9. The molecular weight excluding hydrogens is 190 g/mol. The molecule has 3 nitrogen and oxygen atoms in total. The third-order valence-corrected chi connectivity index (χ3v) is 2.96. The van der Waals surface area contributed by atoms with Gasteiger partial charge in [0.05, 0.1) is 5.60 Å². The van der Waals surface area contributed by atoms with Crippen molar-refractivity contribution in [2.24, 2.45) is 5.41 Å².